The Morgan fingerprint density at radius 1 is 1.30 bits per heavy atom. The number of piperidine rings is 1. The van der Waals surface area contributed by atoms with Crippen LogP contribution in [-0.4, -0.2) is 28.6 Å². The molecule has 1 saturated heterocycles. The van der Waals surface area contributed by atoms with E-state index in [9.17, 15) is 9.18 Å². The predicted octanol–water partition coefficient (Wildman–Crippen LogP) is 3.29. The minimum Gasteiger partial charge on any atom is -0.478 e. The highest BCUT2D eigenvalue weighted by Crippen LogP contribution is 2.37. The molecular formula is C16H20FNO2. The minimum absolute atomic E-state index is 0.244. The molecule has 4 heteroatoms. The van der Waals surface area contributed by atoms with E-state index in [1.807, 2.05) is 0 Å². The van der Waals surface area contributed by atoms with Crippen molar-refractivity contribution in [1.29, 1.82) is 0 Å². The van der Waals surface area contributed by atoms with Gasteiger partial charge in [0.2, 0.25) is 0 Å². The third kappa shape index (κ3) is 2.57. The van der Waals surface area contributed by atoms with Crippen molar-refractivity contribution < 1.29 is 14.3 Å². The topological polar surface area (TPSA) is 40.5 Å². The Hall–Kier alpha value is -1.42. The molecule has 108 valence electrons. The van der Waals surface area contributed by atoms with Crippen LogP contribution in [0.15, 0.2) is 18.2 Å². The number of carboxylic acid groups (broad SMARTS) is 1. The first-order valence-electron chi connectivity index (χ1n) is 7.41. The van der Waals surface area contributed by atoms with Crippen molar-refractivity contribution in [2.75, 3.05) is 6.54 Å². The summed E-state index contributed by atoms with van der Waals surface area (Å²) in [5, 5.41) is 8.85. The van der Waals surface area contributed by atoms with Gasteiger partial charge in [0.15, 0.2) is 0 Å². The van der Waals surface area contributed by atoms with Crippen molar-refractivity contribution in [3.05, 3.63) is 35.1 Å². The third-order valence-corrected chi connectivity index (χ3v) is 4.76. The van der Waals surface area contributed by atoms with Crippen molar-refractivity contribution in [1.82, 2.24) is 4.90 Å². The molecule has 1 saturated carbocycles. The summed E-state index contributed by atoms with van der Waals surface area (Å²) >= 11 is 0. The van der Waals surface area contributed by atoms with E-state index in [0.717, 1.165) is 24.6 Å². The Kier molecular flexibility index (Phi) is 3.74. The average Bonchev–Trinajstić information content (AvgIpc) is 2.87. The lowest BCUT2D eigenvalue weighted by Gasteiger charge is -2.37. The van der Waals surface area contributed by atoms with Crippen LogP contribution < -0.4 is 0 Å². The van der Waals surface area contributed by atoms with Gasteiger partial charge in [-0.1, -0.05) is 12.5 Å². The van der Waals surface area contributed by atoms with Crippen molar-refractivity contribution in [2.24, 2.45) is 5.92 Å². The Morgan fingerprint density at radius 3 is 2.85 bits per heavy atom. The van der Waals surface area contributed by atoms with Crippen molar-refractivity contribution in [3.8, 4) is 0 Å². The summed E-state index contributed by atoms with van der Waals surface area (Å²) in [5.74, 6) is -1.02. The molecule has 2 aliphatic rings. The number of carboxylic acids is 1. The predicted molar refractivity (Wildman–Crippen MR) is 74.1 cm³/mol. The Bertz CT molecular complexity index is 517. The van der Waals surface area contributed by atoms with Crippen LogP contribution in [0.3, 0.4) is 0 Å². The SMILES string of the molecule is O=C(O)c1ccc(CN2CCCC3CCCC32)cc1F. The third-order valence-electron chi connectivity index (χ3n) is 4.76. The first-order chi connectivity index (χ1) is 9.65. The highest BCUT2D eigenvalue weighted by molar-refractivity contribution is 5.87. The number of benzene rings is 1. The van der Waals surface area contributed by atoms with Crippen molar-refractivity contribution in [3.63, 3.8) is 0 Å². The van der Waals surface area contributed by atoms with Gasteiger partial charge in [0.05, 0.1) is 5.56 Å². The lowest BCUT2D eigenvalue weighted by atomic mass is 9.91. The number of carbonyl (C=O) groups is 1. The van der Waals surface area contributed by atoms with Gasteiger partial charge in [-0.25, -0.2) is 9.18 Å². The molecule has 3 rings (SSSR count). The number of nitrogens with zero attached hydrogens (tertiary/aromatic N) is 1. The van der Waals surface area contributed by atoms with Crippen LogP contribution in [0.2, 0.25) is 0 Å². The van der Waals surface area contributed by atoms with Gasteiger partial charge in [-0.15, -0.1) is 0 Å². The molecule has 2 unspecified atom stereocenters. The first-order valence-corrected chi connectivity index (χ1v) is 7.41. The second-order valence-corrected chi connectivity index (χ2v) is 5.99. The molecule has 0 amide bonds. The number of likely N-dealkylation sites (tertiary alicyclic amines) is 1. The standard InChI is InChI=1S/C16H20FNO2/c17-14-9-11(6-7-13(14)16(19)20)10-18-8-2-4-12-3-1-5-15(12)18/h6-7,9,12,15H,1-5,8,10H2,(H,19,20). The fraction of sp³-hybridized carbons (Fsp3) is 0.562. The van der Waals surface area contributed by atoms with Gasteiger partial charge in [0.1, 0.15) is 5.82 Å². The van der Waals surface area contributed by atoms with Crippen molar-refractivity contribution in [2.45, 2.75) is 44.7 Å². The van der Waals surface area contributed by atoms with Gasteiger partial charge in [-0.05, 0) is 55.8 Å². The fourth-order valence-corrected chi connectivity index (χ4v) is 3.82. The number of hydrogen-bond acceptors (Lipinski definition) is 2. The number of hydrogen-bond donors (Lipinski definition) is 1. The molecule has 1 aliphatic carbocycles. The molecule has 1 aromatic rings. The second kappa shape index (κ2) is 5.52. The van der Waals surface area contributed by atoms with E-state index < -0.39 is 11.8 Å². The Labute approximate surface area is 118 Å². The number of rotatable bonds is 3. The van der Waals surface area contributed by atoms with Gasteiger partial charge in [0.25, 0.3) is 0 Å². The molecule has 0 aromatic heterocycles. The van der Waals surface area contributed by atoms with Gasteiger partial charge < -0.3 is 5.11 Å². The van der Waals surface area contributed by atoms with Crippen LogP contribution in [0.1, 0.15) is 48.0 Å². The monoisotopic (exact) mass is 277 g/mol. The summed E-state index contributed by atoms with van der Waals surface area (Å²) in [6, 6.07) is 5.14. The van der Waals surface area contributed by atoms with Crippen LogP contribution in [0.5, 0.6) is 0 Å². The van der Waals surface area contributed by atoms with E-state index in [0.29, 0.717) is 6.04 Å². The molecule has 20 heavy (non-hydrogen) atoms. The van der Waals surface area contributed by atoms with Gasteiger partial charge in [-0.3, -0.25) is 4.90 Å². The zero-order valence-corrected chi connectivity index (χ0v) is 11.5. The summed E-state index contributed by atoms with van der Waals surface area (Å²) in [6.45, 7) is 1.81. The van der Waals surface area contributed by atoms with E-state index in [2.05, 4.69) is 4.90 Å². The van der Waals surface area contributed by atoms with Crippen LogP contribution in [0.4, 0.5) is 4.39 Å². The smallest absolute Gasteiger partial charge is 0.338 e. The van der Waals surface area contributed by atoms with E-state index >= 15 is 0 Å². The maximum absolute atomic E-state index is 13.7. The summed E-state index contributed by atoms with van der Waals surface area (Å²) in [7, 11) is 0. The fourth-order valence-electron chi connectivity index (χ4n) is 3.82. The quantitative estimate of drug-likeness (QED) is 0.921. The Morgan fingerprint density at radius 2 is 2.10 bits per heavy atom. The highest BCUT2D eigenvalue weighted by atomic mass is 19.1. The van der Waals surface area contributed by atoms with Gasteiger partial charge >= 0.3 is 5.97 Å². The molecule has 3 nitrogen and oxygen atoms in total. The molecule has 0 radical (unpaired) electrons. The second-order valence-electron chi connectivity index (χ2n) is 5.99. The van der Waals surface area contributed by atoms with Crippen LogP contribution in [-0.2, 0) is 6.54 Å². The largest absolute Gasteiger partial charge is 0.478 e. The molecule has 0 bridgehead atoms. The normalized spacial score (nSPS) is 26.4. The molecule has 1 aliphatic heterocycles. The van der Waals surface area contributed by atoms with E-state index in [1.54, 1.807) is 6.07 Å². The summed E-state index contributed by atoms with van der Waals surface area (Å²) in [6.07, 6.45) is 6.43. The van der Waals surface area contributed by atoms with Crippen LogP contribution in [0, 0.1) is 11.7 Å². The minimum atomic E-state index is -1.21. The number of aromatic carboxylic acids is 1. The lowest BCUT2D eigenvalue weighted by molar-refractivity contribution is 0.0691. The molecule has 1 heterocycles. The van der Waals surface area contributed by atoms with E-state index in [1.165, 1.54) is 44.2 Å². The summed E-state index contributed by atoms with van der Waals surface area (Å²) < 4.78 is 13.7. The van der Waals surface area contributed by atoms with E-state index in [-0.39, 0.29) is 5.56 Å². The summed E-state index contributed by atoms with van der Waals surface area (Å²) in [5.41, 5.74) is 0.631. The molecule has 2 fully saturated rings. The highest BCUT2D eigenvalue weighted by Gasteiger charge is 2.34. The Balaban J connectivity index is 1.74. The van der Waals surface area contributed by atoms with Gasteiger partial charge in [0, 0.05) is 12.6 Å². The zero-order chi connectivity index (χ0) is 14.1. The molecule has 1 aromatic carbocycles. The maximum Gasteiger partial charge on any atom is 0.338 e. The zero-order valence-electron chi connectivity index (χ0n) is 11.5. The number of halogens is 1. The van der Waals surface area contributed by atoms with E-state index in [4.69, 9.17) is 5.11 Å². The van der Waals surface area contributed by atoms with Crippen LogP contribution in [0.25, 0.3) is 0 Å². The first kappa shape index (κ1) is 13.6. The average molecular weight is 277 g/mol. The lowest BCUT2D eigenvalue weighted by Crippen LogP contribution is -2.41. The van der Waals surface area contributed by atoms with Crippen LogP contribution >= 0.6 is 0 Å². The molecular weight excluding hydrogens is 257 g/mol. The van der Waals surface area contributed by atoms with Gasteiger partial charge in [-0.2, -0.15) is 0 Å². The molecule has 2 atom stereocenters. The molecule has 1 N–H and O–H groups in total. The van der Waals surface area contributed by atoms with Crippen molar-refractivity contribution >= 4 is 5.97 Å². The molecule has 0 spiro atoms. The number of fused-ring (bicyclic) bond motifs is 1. The maximum atomic E-state index is 13.7. The summed E-state index contributed by atoms with van der Waals surface area (Å²) in [4.78, 5) is 13.3.